The standard InChI is InChI=1S/C29H29ClN4O3S/c1-20-13-14-26(15-21(20)2)33(38(36,37)28-11-6-5-7-12-28)19-29(35)32-31-18-24-16-22(3)34(23(24)4)27-10-8-9-25(30)17-27/h5-18H,19H2,1-4H3,(H,32,35)/b31-18-. The van der Waals surface area contributed by atoms with E-state index >= 15 is 0 Å². The number of rotatable bonds is 8. The monoisotopic (exact) mass is 548 g/mol. The molecule has 9 heteroatoms. The number of nitrogens with zero attached hydrogens (tertiary/aromatic N) is 3. The van der Waals surface area contributed by atoms with Gasteiger partial charge in [0.25, 0.3) is 15.9 Å². The first-order valence-electron chi connectivity index (χ1n) is 12.0. The number of nitrogens with one attached hydrogen (secondary N) is 1. The third kappa shape index (κ3) is 5.82. The zero-order valence-corrected chi connectivity index (χ0v) is 23.2. The Morgan fingerprint density at radius 2 is 1.68 bits per heavy atom. The van der Waals surface area contributed by atoms with E-state index in [1.54, 1.807) is 36.5 Å². The molecule has 0 unspecified atom stereocenters. The summed E-state index contributed by atoms with van der Waals surface area (Å²) in [6.07, 6.45) is 1.55. The number of carbonyl (C=O) groups excluding carboxylic acids is 1. The van der Waals surface area contributed by atoms with Gasteiger partial charge in [0.15, 0.2) is 0 Å². The number of anilines is 1. The van der Waals surface area contributed by atoms with Crippen LogP contribution in [0.1, 0.15) is 28.1 Å². The first-order chi connectivity index (χ1) is 18.1. The van der Waals surface area contributed by atoms with Crippen molar-refractivity contribution in [3.05, 3.63) is 112 Å². The van der Waals surface area contributed by atoms with E-state index in [0.29, 0.717) is 10.7 Å². The molecule has 196 valence electrons. The molecule has 0 aliphatic carbocycles. The summed E-state index contributed by atoms with van der Waals surface area (Å²) in [5.74, 6) is -0.567. The largest absolute Gasteiger partial charge is 0.318 e. The number of amides is 1. The third-order valence-corrected chi connectivity index (χ3v) is 8.35. The Bertz CT molecular complexity index is 1610. The predicted molar refractivity (Wildman–Crippen MR) is 153 cm³/mol. The van der Waals surface area contributed by atoms with Crippen LogP contribution in [0.4, 0.5) is 5.69 Å². The zero-order valence-electron chi connectivity index (χ0n) is 21.6. The molecule has 1 heterocycles. The molecule has 4 rings (SSSR count). The van der Waals surface area contributed by atoms with Crippen molar-refractivity contribution < 1.29 is 13.2 Å². The van der Waals surface area contributed by atoms with E-state index < -0.39 is 22.5 Å². The van der Waals surface area contributed by atoms with Gasteiger partial charge in [-0.05, 0) is 87.4 Å². The van der Waals surface area contributed by atoms with Crippen LogP contribution in [0.3, 0.4) is 0 Å². The van der Waals surface area contributed by atoms with E-state index in [9.17, 15) is 13.2 Å². The highest BCUT2D eigenvalue weighted by atomic mass is 35.5. The van der Waals surface area contributed by atoms with Crippen LogP contribution in [-0.2, 0) is 14.8 Å². The Morgan fingerprint density at radius 1 is 0.947 bits per heavy atom. The fourth-order valence-corrected chi connectivity index (χ4v) is 5.80. The molecule has 0 radical (unpaired) electrons. The molecule has 0 aliphatic rings. The van der Waals surface area contributed by atoms with Gasteiger partial charge >= 0.3 is 0 Å². The lowest BCUT2D eigenvalue weighted by Gasteiger charge is -2.24. The van der Waals surface area contributed by atoms with E-state index in [-0.39, 0.29) is 4.90 Å². The molecule has 0 aliphatic heterocycles. The van der Waals surface area contributed by atoms with Crippen molar-refractivity contribution in [3.8, 4) is 5.69 Å². The molecule has 0 bridgehead atoms. The molecule has 0 atom stereocenters. The van der Waals surface area contributed by atoms with E-state index in [2.05, 4.69) is 10.5 Å². The smallest absolute Gasteiger partial charge is 0.264 e. The maximum absolute atomic E-state index is 13.5. The van der Waals surface area contributed by atoms with Crippen LogP contribution in [0.2, 0.25) is 5.02 Å². The van der Waals surface area contributed by atoms with Gasteiger partial charge in [-0.3, -0.25) is 9.10 Å². The fraction of sp³-hybridized carbons (Fsp3) is 0.172. The molecule has 3 aromatic carbocycles. The van der Waals surface area contributed by atoms with Crippen molar-refractivity contribution in [2.24, 2.45) is 5.10 Å². The molecule has 1 amide bonds. The fourth-order valence-electron chi connectivity index (χ4n) is 4.19. The lowest BCUT2D eigenvalue weighted by atomic mass is 10.1. The number of carbonyl (C=O) groups is 1. The normalized spacial score (nSPS) is 11.6. The van der Waals surface area contributed by atoms with Gasteiger partial charge in [-0.25, -0.2) is 13.8 Å². The highest BCUT2D eigenvalue weighted by Gasteiger charge is 2.27. The summed E-state index contributed by atoms with van der Waals surface area (Å²) in [6.45, 7) is 7.33. The summed E-state index contributed by atoms with van der Waals surface area (Å²) in [5, 5.41) is 4.75. The van der Waals surface area contributed by atoms with E-state index in [1.807, 2.05) is 68.7 Å². The topological polar surface area (TPSA) is 83.8 Å². The summed E-state index contributed by atoms with van der Waals surface area (Å²) in [7, 11) is -3.99. The van der Waals surface area contributed by atoms with Crippen LogP contribution < -0.4 is 9.73 Å². The van der Waals surface area contributed by atoms with Crippen LogP contribution >= 0.6 is 11.6 Å². The first-order valence-corrected chi connectivity index (χ1v) is 13.8. The molecule has 38 heavy (non-hydrogen) atoms. The maximum atomic E-state index is 13.5. The van der Waals surface area contributed by atoms with Crippen LogP contribution in [0.5, 0.6) is 0 Å². The summed E-state index contributed by atoms with van der Waals surface area (Å²) < 4.78 is 30.1. The number of sulfonamides is 1. The Balaban J connectivity index is 1.56. The van der Waals surface area contributed by atoms with Gasteiger partial charge in [-0.15, -0.1) is 0 Å². The Morgan fingerprint density at radius 3 is 2.37 bits per heavy atom. The van der Waals surface area contributed by atoms with Crippen molar-refractivity contribution in [1.82, 2.24) is 9.99 Å². The number of hydrogen-bond donors (Lipinski definition) is 1. The number of aryl methyl sites for hydroxylation is 3. The van der Waals surface area contributed by atoms with Gasteiger partial charge in [0.2, 0.25) is 0 Å². The van der Waals surface area contributed by atoms with E-state index in [0.717, 1.165) is 38.1 Å². The van der Waals surface area contributed by atoms with Crippen LogP contribution in [0.25, 0.3) is 5.69 Å². The third-order valence-electron chi connectivity index (χ3n) is 6.33. The van der Waals surface area contributed by atoms with Crippen molar-refractivity contribution in [3.63, 3.8) is 0 Å². The molecule has 4 aromatic rings. The summed E-state index contributed by atoms with van der Waals surface area (Å²) in [4.78, 5) is 13.0. The van der Waals surface area contributed by atoms with Gasteiger partial charge < -0.3 is 4.57 Å². The molecule has 1 aromatic heterocycles. The molecule has 0 saturated heterocycles. The number of halogens is 1. The molecular formula is C29H29ClN4O3S. The van der Waals surface area contributed by atoms with Gasteiger partial charge in [-0.2, -0.15) is 5.10 Å². The van der Waals surface area contributed by atoms with E-state index in [4.69, 9.17) is 11.6 Å². The Hall–Kier alpha value is -3.88. The predicted octanol–water partition coefficient (Wildman–Crippen LogP) is 5.71. The molecule has 0 fully saturated rings. The minimum atomic E-state index is -3.99. The molecular weight excluding hydrogens is 520 g/mol. The van der Waals surface area contributed by atoms with Crippen molar-refractivity contribution in [1.29, 1.82) is 0 Å². The summed E-state index contributed by atoms with van der Waals surface area (Å²) >= 11 is 6.16. The quantitative estimate of drug-likeness (QED) is 0.226. The number of benzene rings is 3. The van der Waals surface area contributed by atoms with Gasteiger partial charge in [0.1, 0.15) is 6.54 Å². The highest BCUT2D eigenvalue weighted by Crippen LogP contribution is 2.26. The van der Waals surface area contributed by atoms with E-state index in [1.165, 1.54) is 12.1 Å². The number of aromatic nitrogens is 1. The van der Waals surface area contributed by atoms with Crippen molar-refractivity contribution in [2.75, 3.05) is 10.8 Å². The Labute approximate surface area is 228 Å². The van der Waals surface area contributed by atoms with Crippen LogP contribution in [0, 0.1) is 27.7 Å². The van der Waals surface area contributed by atoms with Crippen molar-refractivity contribution in [2.45, 2.75) is 32.6 Å². The molecule has 1 N–H and O–H groups in total. The lowest BCUT2D eigenvalue weighted by Crippen LogP contribution is -2.39. The SMILES string of the molecule is Cc1ccc(N(CC(=O)N/N=C\c2cc(C)n(-c3cccc(Cl)c3)c2C)S(=O)(=O)c2ccccc2)cc1C. The van der Waals surface area contributed by atoms with Gasteiger partial charge in [-0.1, -0.05) is 41.9 Å². The average molecular weight is 549 g/mol. The second kappa shape index (κ2) is 11.2. The minimum Gasteiger partial charge on any atom is -0.318 e. The second-order valence-electron chi connectivity index (χ2n) is 9.03. The molecule has 7 nitrogen and oxygen atoms in total. The molecule has 0 saturated carbocycles. The summed E-state index contributed by atoms with van der Waals surface area (Å²) in [5.41, 5.74) is 8.46. The Kier molecular flexibility index (Phi) is 8.04. The lowest BCUT2D eigenvalue weighted by molar-refractivity contribution is -0.119. The van der Waals surface area contributed by atoms with Crippen LogP contribution in [0.15, 0.2) is 88.9 Å². The number of hydrogen-bond acceptors (Lipinski definition) is 4. The first kappa shape index (κ1) is 27.2. The van der Waals surface area contributed by atoms with Gasteiger partial charge in [0.05, 0.1) is 16.8 Å². The summed E-state index contributed by atoms with van der Waals surface area (Å²) in [6, 6.07) is 22.8. The average Bonchev–Trinajstić information content (AvgIpc) is 3.17. The highest BCUT2D eigenvalue weighted by molar-refractivity contribution is 7.92. The van der Waals surface area contributed by atoms with Gasteiger partial charge in [0, 0.05) is 27.7 Å². The van der Waals surface area contributed by atoms with Crippen molar-refractivity contribution >= 4 is 39.4 Å². The zero-order chi connectivity index (χ0) is 27.4. The van der Waals surface area contributed by atoms with Crippen LogP contribution in [-0.4, -0.2) is 31.7 Å². The second-order valence-corrected chi connectivity index (χ2v) is 11.3. The minimum absolute atomic E-state index is 0.1000. The maximum Gasteiger partial charge on any atom is 0.264 e. The molecule has 0 spiro atoms. The number of hydrazone groups is 1.